The number of rotatable bonds is 8. The van der Waals surface area contributed by atoms with Crippen LogP contribution < -0.4 is 10.6 Å². The Morgan fingerprint density at radius 3 is 2.96 bits per heavy atom. The molecule has 2 fully saturated rings. The minimum absolute atomic E-state index is 0.205. The molecule has 0 aromatic carbocycles. The molecule has 0 spiro atoms. The van der Waals surface area contributed by atoms with Crippen molar-refractivity contribution in [2.24, 2.45) is 4.99 Å². The van der Waals surface area contributed by atoms with Crippen molar-refractivity contribution < 1.29 is 13.9 Å². The van der Waals surface area contributed by atoms with Crippen molar-refractivity contribution in [1.82, 2.24) is 10.6 Å². The average molecular weight is 349 g/mol. The van der Waals surface area contributed by atoms with Crippen LogP contribution in [-0.4, -0.2) is 50.5 Å². The summed E-state index contributed by atoms with van der Waals surface area (Å²) in [6, 6.07) is 4.65. The van der Waals surface area contributed by atoms with Crippen molar-refractivity contribution in [3.63, 3.8) is 0 Å². The number of ether oxygens (including phenoxy) is 2. The van der Waals surface area contributed by atoms with Gasteiger partial charge < -0.3 is 24.5 Å². The second kappa shape index (κ2) is 9.82. The van der Waals surface area contributed by atoms with E-state index >= 15 is 0 Å². The first-order valence-corrected chi connectivity index (χ1v) is 9.59. The van der Waals surface area contributed by atoms with Crippen LogP contribution in [0.15, 0.2) is 27.8 Å². The molecule has 2 aliphatic rings. The maximum absolute atomic E-state index is 5.91. The number of hydrogen-bond donors (Lipinski definition) is 2. The molecule has 2 atom stereocenters. The van der Waals surface area contributed by atoms with Crippen LogP contribution in [0.4, 0.5) is 0 Å². The van der Waals surface area contributed by atoms with Gasteiger partial charge in [0.25, 0.3) is 0 Å². The highest BCUT2D eigenvalue weighted by Crippen LogP contribution is 2.17. The molecule has 140 valence electrons. The van der Waals surface area contributed by atoms with Crippen molar-refractivity contribution in [3.8, 4) is 0 Å². The number of nitrogens with one attached hydrogen (secondary N) is 2. The van der Waals surface area contributed by atoms with Gasteiger partial charge in [-0.2, -0.15) is 0 Å². The first-order valence-electron chi connectivity index (χ1n) is 9.59. The number of hydrogen-bond acceptors (Lipinski definition) is 4. The van der Waals surface area contributed by atoms with Crippen molar-refractivity contribution in [3.05, 3.63) is 24.2 Å². The molecule has 2 N–H and O–H groups in total. The highest BCUT2D eigenvalue weighted by atomic mass is 16.5. The van der Waals surface area contributed by atoms with Gasteiger partial charge in [0.05, 0.1) is 25.6 Å². The lowest BCUT2D eigenvalue weighted by atomic mass is 10.2. The van der Waals surface area contributed by atoms with Crippen molar-refractivity contribution >= 4 is 5.96 Å². The molecule has 1 aromatic rings. The van der Waals surface area contributed by atoms with Gasteiger partial charge in [-0.05, 0) is 38.3 Å². The van der Waals surface area contributed by atoms with E-state index in [4.69, 9.17) is 18.9 Å². The maximum Gasteiger partial charge on any atom is 0.191 e. The van der Waals surface area contributed by atoms with Crippen molar-refractivity contribution in [1.29, 1.82) is 0 Å². The zero-order valence-corrected chi connectivity index (χ0v) is 15.2. The summed E-state index contributed by atoms with van der Waals surface area (Å²) in [5.74, 6) is 1.86. The van der Waals surface area contributed by atoms with Crippen LogP contribution in [0.25, 0.3) is 0 Å². The molecular formula is C19H31N3O3. The van der Waals surface area contributed by atoms with Gasteiger partial charge in [-0.15, -0.1) is 0 Å². The third-order valence-electron chi connectivity index (χ3n) is 4.76. The Balaban J connectivity index is 1.47. The minimum atomic E-state index is 0.205. The number of nitrogens with zero attached hydrogens (tertiary/aromatic N) is 1. The van der Waals surface area contributed by atoms with Gasteiger partial charge in [-0.3, -0.25) is 4.99 Å². The number of aliphatic imine (C=N–C) groups is 1. The van der Waals surface area contributed by atoms with Crippen LogP contribution in [0.3, 0.4) is 0 Å². The lowest BCUT2D eigenvalue weighted by Crippen LogP contribution is -2.47. The van der Waals surface area contributed by atoms with Gasteiger partial charge in [0.1, 0.15) is 5.76 Å². The largest absolute Gasteiger partial charge is 0.469 e. The van der Waals surface area contributed by atoms with Crippen LogP contribution in [0.5, 0.6) is 0 Å². The predicted molar refractivity (Wildman–Crippen MR) is 97.9 cm³/mol. The van der Waals surface area contributed by atoms with Gasteiger partial charge in [0.15, 0.2) is 5.96 Å². The lowest BCUT2D eigenvalue weighted by Gasteiger charge is -2.22. The van der Waals surface area contributed by atoms with E-state index in [0.29, 0.717) is 19.2 Å². The molecule has 0 bridgehead atoms. The van der Waals surface area contributed by atoms with Gasteiger partial charge in [-0.25, -0.2) is 0 Å². The minimum Gasteiger partial charge on any atom is -0.469 e. The first-order chi connectivity index (χ1) is 12.3. The smallest absolute Gasteiger partial charge is 0.191 e. The fraction of sp³-hybridized carbons (Fsp3) is 0.737. The van der Waals surface area contributed by atoms with Crippen molar-refractivity contribution in [2.75, 3.05) is 26.4 Å². The van der Waals surface area contributed by atoms with Crippen LogP contribution in [0.1, 0.15) is 44.8 Å². The van der Waals surface area contributed by atoms with Gasteiger partial charge in [-0.1, -0.05) is 12.8 Å². The van der Waals surface area contributed by atoms with E-state index in [1.807, 2.05) is 12.1 Å². The number of guanidine groups is 1. The average Bonchev–Trinajstić information content (AvgIpc) is 3.36. The van der Waals surface area contributed by atoms with E-state index in [0.717, 1.165) is 37.8 Å². The molecule has 1 aliphatic heterocycles. The SMILES string of the molecule is CC(COC1CCOC1)NC(=NCCc1ccco1)NC1CCCC1. The normalized spacial score (nSPS) is 23.1. The highest BCUT2D eigenvalue weighted by Gasteiger charge is 2.19. The molecule has 2 heterocycles. The second-order valence-electron chi connectivity index (χ2n) is 7.05. The summed E-state index contributed by atoms with van der Waals surface area (Å²) in [5.41, 5.74) is 0. The fourth-order valence-electron chi connectivity index (χ4n) is 3.33. The molecule has 0 amide bonds. The zero-order valence-electron chi connectivity index (χ0n) is 15.2. The molecule has 3 rings (SSSR count). The number of furan rings is 1. The summed E-state index contributed by atoms with van der Waals surface area (Å²) in [5, 5.41) is 7.07. The van der Waals surface area contributed by atoms with Crippen LogP contribution >= 0.6 is 0 Å². The predicted octanol–water partition coefficient (Wildman–Crippen LogP) is 2.49. The summed E-state index contributed by atoms with van der Waals surface area (Å²) >= 11 is 0. The van der Waals surface area contributed by atoms with E-state index in [1.165, 1.54) is 25.7 Å². The Hall–Kier alpha value is -1.53. The summed E-state index contributed by atoms with van der Waals surface area (Å²) < 4.78 is 16.7. The van der Waals surface area contributed by atoms with Crippen LogP contribution in [0.2, 0.25) is 0 Å². The summed E-state index contributed by atoms with van der Waals surface area (Å²) in [7, 11) is 0. The monoisotopic (exact) mass is 349 g/mol. The lowest BCUT2D eigenvalue weighted by molar-refractivity contribution is 0.0347. The Kier molecular flexibility index (Phi) is 7.18. The quantitative estimate of drug-likeness (QED) is 0.557. The molecule has 1 saturated carbocycles. The molecule has 25 heavy (non-hydrogen) atoms. The Bertz CT molecular complexity index is 506. The van der Waals surface area contributed by atoms with E-state index in [1.54, 1.807) is 6.26 Å². The molecule has 1 aliphatic carbocycles. The van der Waals surface area contributed by atoms with Gasteiger partial charge >= 0.3 is 0 Å². The van der Waals surface area contributed by atoms with E-state index < -0.39 is 0 Å². The maximum atomic E-state index is 5.91. The van der Waals surface area contributed by atoms with Crippen molar-refractivity contribution in [2.45, 2.75) is 63.6 Å². The highest BCUT2D eigenvalue weighted by molar-refractivity contribution is 5.80. The topological polar surface area (TPSA) is 68.0 Å². The molecule has 6 heteroatoms. The van der Waals surface area contributed by atoms with Gasteiger partial charge in [0.2, 0.25) is 0 Å². The molecule has 1 saturated heterocycles. The third-order valence-corrected chi connectivity index (χ3v) is 4.76. The van der Waals surface area contributed by atoms with Gasteiger partial charge in [0, 0.05) is 31.7 Å². The molecule has 0 radical (unpaired) electrons. The molecule has 1 aromatic heterocycles. The van der Waals surface area contributed by atoms with E-state index in [-0.39, 0.29) is 12.1 Å². The van der Waals surface area contributed by atoms with Crippen LogP contribution in [0, 0.1) is 0 Å². The Morgan fingerprint density at radius 2 is 2.24 bits per heavy atom. The second-order valence-corrected chi connectivity index (χ2v) is 7.05. The van der Waals surface area contributed by atoms with Crippen LogP contribution in [-0.2, 0) is 15.9 Å². The zero-order chi connectivity index (χ0) is 17.3. The fourth-order valence-corrected chi connectivity index (χ4v) is 3.33. The molecule has 6 nitrogen and oxygen atoms in total. The van der Waals surface area contributed by atoms with E-state index in [2.05, 4.69) is 17.6 Å². The summed E-state index contributed by atoms with van der Waals surface area (Å²) in [6.07, 6.45) is 8.82. The first kappa shape index (κ1) is 18.3. The Morgan fingerprint density at radius 1 is 1.36 bits per heavy atom. The molecular weight excluding hydrogens is 318 g/mol. The molecule has 2 unspecified atom stereocenters. The van der Waals surface area contributed by atoms with E-state index in [9.17, 15) is 0 Å². The standard InChI is InChI=1S/C19H31N3O3/c1-15(13-25-18-9-12-23-14-18)21-19(22-16-5-2-3-6-16)20-10-8-17-7-4-11-24-17/h4,7,11,15-16,18H,2-3,5-6,8-10,12-14H2,1H3,(H2,20,21,22). The summed E-state index contributed by atoms with van der Waals surface area (Å²) in [4.78, 5) is 4.74. The summed E-state index contributed by atoms with van der Waals surface area (Å²) in [6.45, 7) is 5.04. The Labute approximate surface area is 150 Å². The third kappa shape index (κ3) is 6.36.